The fourth-order valence-corrected chi connectivity index (χ4v) is 8.65. The van der Waals surface area contributed by atoms with Crippen LogP contribution in [0.15, 0.2) is 36.4 Å². The van der Waals surface area contributed by atoms with Crippen LogP contribution in [0.25, 0.3) is 5.31 Å². The van der Waals surface area contributed by atoms with Crippen LogP contribution in [0.5, 0.6) is 0 Å². The van der Waals surface area contributed by atoms with E-state index in [9.17, 15) is 0 Å². The van der Waals surface area contributed by atoms with Crippen molar-refractivity contribution in [2.45, 2.75) is 88.9 Å². The van der Waals surface area contributed by atoms with Gasteiger partial charge in [-0.05, 0) is 54.3 Å². The van der Waals surface area contributed by atoms with Crippen LogP contribution in [0, 0.1) is 0 Å². The Labute approximate surface area is 144 Å². The van der Waals surface area contributed by atoms with Crippen molar-refractivity contribution in [1.82, 2.24) is 0 Å². The fraction of sp³-hybridized carbons (Fsp3) is 0.636. The molecular formula is C22H33P. The zero-order chi connectivity index (χ0) is 15.9. The Kier molecular flexibility index (Phi) is 6.76. The van der Waals surface area contributed by atoms with Gasteiger partial charge in [-0.25, -0.2) is 0 Å². The van der Waals surface area contributed by atoms with E-state index < -0.39 is 0 Å². The summed E-state index contributed by atoms with van der Waals surface area (Å²) in [5.41, 5.74) is 3.52. The number of rotatable bonds is 5. The molecule has 0 aliphatic heterocycles. The van der Waals surface area contributed by atoms with Crippen LogP contribution in [0.3, 0.4) is 0 Å². The lowest BCUT2D eigenvalue weighted by atomic mass is 9.99. The number of hydrogen-bond acceptors (Lipinski definition) is 0. The van der Waals surface area contributed by atoms with Gasteiger partial charge in [0, 0.05) is 0 Å². The molecule has 0 N–H and O–H groups in total. The summed E-state index contributed by atoms with van der Waals surface area (Å²) in [5, 5.41) is 1.75. The lowest BCUT2D eigenvalue weighted by molar-refractivity contribution is 0.487. The molecule has 2 aliphatic carbocycles. The maximum absolute atomic E-state index is 2.59. The highest BCUT2D eigenvalue weighted by molar-refractivity contribution is 7.69. The van der Waals surface area contributed by atoms with E-state index in [1.54, 1.807) is 5.31 Å². The van der Waals surface area contributed by atoms with Gasteiger partial charge in [0.2, 0.25) is 0 Å². The van der Waals surface area contributed by atoms with Crippen molar-refractivity contribution in [3.63, 3.8) is 0 Å². The predicted octanol–water partition coefficient (Wildman–Crippen LogP) is 7.58. The Bertz CT molecular complexity index is 460. The topological polar surface area (TPSA) is 0 Å². The minimum Gasteiger partial charge on any atom is -0.0765 e. The molecule has 2 fully saturated rings. The second-order valence-corrected chi connectivity index (χ2v) is 10.1. The molecule has 0 heterocycles. The van der Waals surface area contributed by atoms with Crippen LogP contribution in [-0.4, -0.2) is 11.3 Å². The largest absolute Gasteiger partial charge is 0.0765 e. The molecule has 1 aromatic rings. The molecule has 0 unspecified atom stereocenters. The van der Waals surface area contributed by atoms with E-state index in [1.807, 2.05) is 0 Å². The minimum atomic E-state index is 0.0185. The van der Waals surface area contributed by atoms with Crippen molar-refractivity contribution < 1.29 is 0 Å². The summed E-state index contributed by atoms with van der Waals surface area (Å²) in [7, 11) is 0.0185. The molecular weight excluding hydrogens is 295 g/mol. The van der Waals surface area contributed by atoms with Crippen LogP contribution in [0.4, 0.5) is 0 Å². The standard InChI is InChI=1S/C22H33P/c1-2-12-22(19-13-6-3-7-14-19)23(20-15-8-4-9-16-20)21-17-10-5-11-18-21/h3,6-7,12-14,20-21H,2,4-5,8-11,15-18H2,1H3. The quantitative estimate of drug-likeness (QED) is 0.488. The van der Waals surface area contributed by atoms with Gasteiger partial charge in [-0.1, -0.05) is 89.8 Å². The van der Waals surface area contributed by atoms with E-state index in [4.69, 9.17) is 0 Å². The Balaban J connectivity index is 1.91. The summed E-state index contributed by atoms with van der Waals surface area (Å²) >= 11 is 0. The summed E-state index contributed by atoms with van der Waals surface area (Å²) in [6.07, 6.45) is 18.6. The Morgan fingerprint density at radius 2 is 1.39 bits per heavy atom. The molecule has 0 nitrogen and oxygen atoms in total. The lowest BCUT2D eigenvalue weighted by Crippen LogP contribution is -2.21. The molecule has 3 rings (SSSR count). The van der Waals surface area contributed by atoms with Crippen molar-refractivity contribution in [2.24, 2.45) is 0 Å². The number of allylic oxidation sites excluding steroid dienone is 1. The molecule has 1 aromatic carbocycles. The van der Waals surface area contributed by atoms with E-state index in [2.05, 4.69) is 43.3 Å². The van der Waals surface area contributed by atoms with Crippen LogP contribution in [0.1, 0.15) is 83.1 Å². The van der Waals surface area contributed by atoms with Crippen LogP contribution in [0.2, 0.25) is 0 Å². The normalized spacial score (nSPS) is 21.7. The lowest BCUT2D eigenvalue weighted by Gasteiger charge is -2.40. The summed E-state index contributed by atoms with van der Waals surface area (Å²) in [6.45, 7) is 2.32. The van der Waals surface area contributed by atoms with Gasteiger partial charge in [0.15, 0.2) is 0 Å². The van der Waals surface area contributed by atoms with Gasteiger partial charge < -0.3 is 0 Å². The van der Waals surface area contributed by atoms with Crippen LogP contribution in [-0.2, 0) is 0 Å². The Morgan fingerprint density at radius 3 is 1.87 bits per heavy atom. The second kappa shape index (κ2) is 9.03. The predicted molar refractivity (Wildman–Crippen MR) is 105 cm³/mol. The van der Waals surface area contributed by atoms with Crippen molar-refractivity contribution in [2.75, 3.05) is 0 Å². The van der Waals surface area contributed by atoms with Gasteiger partial charge in [0.05, 0.1) is 0 Å². The molecule has 0 spiro atoms. The number of hydrogen-bond donors (Lipinski definition) is 0. The maximum atomic E-state index is 2.59. The second-order valence-electron chi connectivity index (χ2n) is 7.35. The highest BCUT2D eigenvalue weighted by Crippen LogP contribution is 2.64. The molecule has 126 valence electrons. The third-order valence-electron chi connectivity index (χ3n) is 5.68. The summed E-state index contributed by atoms with van der Waals surface area (Å²) < 4.78 is 0. The minimum absolute atomic E-state index is 0.0185. The molecule has 2 aliphatic rings. The first-order valence-corrected chi connectivity index (χ1v) is 11.4. The molecule has 0 bridgehead atoms. The summed E-state index contributed by atoms with van der Waals surface area (Å²) in [6, 6.07) is 11.4. The van der Waals surface area contributed by atoms with Gasteiger partial charge in [-0.2, -0.15) is 0 Å². The van der Waals surface area contributed by atoms with Crippen LogP contribution >= 0.6 is 7.92 Å². The van der Waals surface area contributed by atoms with Gasteiger partial charge >= 0.3 is 0 Å². The zero-order valence-corrected chi connectivity index (χ0v) is 15.7. The first-order valence-electron chi connectivity index (χ1n) is 9.94. The van der Waals surface area contributed by atoms with Gasteiger partial charge in [0.1, 0.15) is 0 Å². The highest BCUT2D eigenvalue weighted by atomic mass is 31.1. The SMILES string of the molecule is CCC=C(c1ccccc1)P(C1CCCCC1)C1CCCCC1. The van der Waals surface area contributed by atoms with Gasteiger partial charge in [0.25, 0.3) is 0 Å². The Hall–Kier alpha value is -0.610. The smallest absolute Gasteiger partial charge is 0.0166 e. The molecule has 0 amide bonds. The molecule has 23 heavy (non-hydrogen) atoms. The molecule has 2 saturated carbocycles. The van der Waals surface area contributed by atoms with Gasteiger partial charge in [-0.3, -0.25) is 0 Å². The first-order chi connectivity index (χ1) is 11.4. The Morgan fingerprint density at radius 1 is 0.870 bits per heavy atom. The van der Waals surface area contributed by atoms with E-state index in [1.165, 1.54) is 76.2 Å². The fourth-order valence-electron chi connectivity index (χ4n) is 4.58. The van der Waals surface area contributed by atoms with Crippen molar-refractivity contribution in [1.29, 1.82) is 0 Å². The molecule has 0 atom stereocenters. The summed E-state index contributed by atoms with van der Waals surface area (Å²) in [5.74, 6) is 0. The van der Waals surface area contributed by atoms with E-state index in [0.29, 0.717) is 0 Å². The first kappa shape index (κ1) is 17.2. The third kappa shape index (κ3) is 4.48. The maximum Gasteiger partial charge on any atom is -0.0166 e. The third-order valence-corrected chi connectivity index (χ3v) is 9.28. The average molecular weight is 328 g/mol. The number of benzene rings is 1. The zero-order valence-electron chi connectivity index (χ0n) is 14.8. The van der Waals surface area contributed by atoms with Crippen molar-refractivity contribution >= 4 is 13.2 Å². The highest BCUT2D eigenvalue weighted by Gasteiger charge is 2.33. The summed E-state index contributed by atoms with van der Waals surface area (Å²) in [4.78, 5) is 0. The van der Waals surface area contributed by atoms with Crippen LogP contribution < -0.4 is 0 Å². The van der Waals surface area contributed by atoms with Crippen molar-refractivity contribution in [3.05, 3.63) is 42.0 Å². The van der Waals surface area contributed by atoms with E-state index in [0.717, 1.165) is 11.3 Å². The van der Waals surface area contributed by atoms with E-state index >= 15 is 0 Å². The molecule has 0 aromatic heterocycles. The van der Waals surface area contributed by atoms with Gasteiger partial charge in [-0.15, -0.1) is 0 Å². The van der Waals surface area contributed by atoms with E-state index in [-0.39, 0.29) is 7.92 Å². The monoisotopic (exact) mass is 328 g/mol. The molecule has 0 radical (unpaired) electrons. The average Bonchev–Trinajstić information content (AvgIpc) is 2.64. The molecule has 0 saturated heterocycles. The van der Waals surface area contributed by atoms with Crippen molar-refractivity contribution in [3.8, 4) is 0 Å². The molecule has 1 heteroatoms.